The van der Waals surface area contributed by atoms with Crippen LogP contribution in [-0.2, 0) is 10.0 Å². The van der Waals surface area contributed by atoms with Crippen LogP contribution in [0, 0.1) is 15.9 Å². The predicted molar refractivity (Wildman–Crippen MR) is 74.7 cm³/mol. The molecule has 0 atom stereocenters. The van der Waals surface area contributed by atoms with E-state index in [1.54, 1.807) is 0 Å². The number of nitrogens with one attached hydrogen (secondary N) is 1. The summed E-state index contributed by atoms with van der Waals surface area (Å²) < 4.78 is 39.8. The van der Waals surface area contributed by atoms with Gasteiger partial charge in [-0.05, 0) is 18.2 Å². The van der Waals surface area contributed by atoms with Crippen molar-refractivity contribution < 1.29 is 17.7 Å². The SMILES string of the molecule is Nc1cc([N+](=O)[O-])ccc1S(=O)(=O)Nc1ccccc1F. The molecule has 3 N–H and O–H groups in total. The molecule has 0 heterocycles. The Morgan fingerprint density at radius 1 is 1.19 bits per heavy atom. The highest BCUT2D eigenvalue weighted by Crippen LogP contribution is 2.26. The number of hydrogen-bond donors (Lipinski definition) is 2. The minimum atomic E-state index is -4.15. The van der Waals surface area contributed by atoms with Crippen molar-refractivity contribution in [3.8, 4) is 0 Å². The second-order valence-corrected chi connectivity index (χ2v) is 5.72. The lowest BCUT2D eigenvalue weighted by Crippen LogP contribution is -2.15. The maximum atomic E-state index is 13.5. The largest absolute Gasteiger partial charge is 0.397 e. The molecule has 0 aromatic heterocycles. The number of nitrogens with zero attached hydrogens (tertiary/aromatic N) is 1. The molecular formula is C12H10FN3O4S. The smallest absolute Gasteiger partial charge is 0.271 e. The minimum Gasteiger partial charge on any atom is -0.397 e. The Balaban J connectivity index is 2.41. The number of nitrogen functional groups attached to an aromatic ring is 1. The Morgan fingerprint density at radius 3 is 2.43 bits per heavy atom. The highest BCUT2D eigenvalue weighted by molar-refractivity contribution is 7.92. The zero-order valence-electron chi connectivity index (χ0n) is 10.5. The van der Waals surface area contributed by atoms with Crippen LogP contribution in [0.15, 0.2) is 47.4 Å². The van der Waals surface area contributed by atoms with Crippen molar-refractivity contribution in [3.05, 3.63) is 58.4 Å². The van der Waals surface area contributed by atoms with Crippen molar-refractivity contribution in [1.29, 1.82) is 0 Å². The van der Waals surface area contributed by atoms with Gasteiger partial charge in [0.2, 0.25) is 0 Å². The lowest BCUT2D eigenvalue weighted by molar-refractivity contribution is -0.384. The first-order valence-electron chi connectivity index (χ1n) is 5.62. The van der Waals surface area contributed by atoms with E-state index in [1.165, 1.54) is 18.2 Å². The third kappa shape index (κ3) is 3.08. The molecule has 0 amide bonds. The van der Waals surface area contributed by atoms with Crippen LogP contribution >= 0.6 is 0 Å². The predicted octanol–water partition coefficient (Wildman–Crippen LogP) is 2.12. The normalized spacial score (nSPS) is 11.1. The first-order chi connectivity index (χ1) is 9.81. The second kappa shape index (κ2) is 5.37. The van der Waals surface area contributed by atoms with Crippen molar-refractivity contribution in [2.24, 2.45) is 0 Å². The number of nitrogens with two attached hydrogens (primary N) is 1. The van der Waals surface area contributed by atoms with E-state index in [0.29, 0.717) is 0 Å². The van der Waals surface area contributed by atoms with E-state index >= 15 is 0 Å². The van der Waals surface area contributed by atoms with Crippen molar-refractivity contribution >= 4 is 27.1 Å². The van der Waals surface area contributed by atoms with E-state index in [9.17, 15) is 22.9 Å². The number of hydrogen-bond acceptors (Lipinski definition) is 5. The third-order valence-corrected chi connectivity index (χ3v) is 4.05. The van der Waals surface area contributed by atoms with E-state index < -0.39 is 20.8 Å². The van der Waals surface area contributed by atoms with E-state index in [1.807, 2.05) is 4.72 Å². The lowest BCUT2D eigenvalue weighted by atomic mass is 10.3. The molecule has 21 heavy (non-hydrogen) atoms. The van der Waals surface area contributed by atoms with Gasteiger partial charge in [0.05, 0.1) is 16.3 Å². The average Bonchev–Trinajstić information content (AvgIpc) is 2.40. The molecule has 2 aromatic rings. The van der Waals surface area contributed by atoms with Gasteiger partial charge in [-0.25, -0.2) is 12.8 Å². The minimum absolute atomic E-state index is 0.241. The van der Waals surface area contributed by atoms with E-state index in [4.69, 9.17) is 5.73 Å². The fourth-order valence-electron chi connectivity index (χ4n) is 1.64. The molecule has 0 spiro atoms. The van der Waals surface area contributed by atoms with E-state index in [2.05, 4.69) is 0 Å². The number of nitro groups is 1. The van der Waals surface area contributed by atoms with Gasteiger partial charge in [-0.15, -0.1) is 0 Å². The number of para-hydroxylation sites is 1. The molecule has 0 aliphatic heterocycles. The van der Waals surface area contributed by atoms with Crippen molar-refractivity contribution in [2.75, 3.05) is 10.5 Å². The Kier molecular flexibility index (Phi) is 3.76. The molecule has 0 saturated heterocycles. The maximum absolute atomic E-state index is 13.5. The molecule has 110 valence electrons. The molecule has 9 heteroatoms. The van der Waals surface area contributed by atoms with Gasteiger partial charge in [0.15, 0.2) is 0 Å². The fraction of sp³-hybridized carbons (Fsp3) is 0. The van der Waals surface area contributed by atoms with Gasteiger partial charge in [0, 0.05) is 12.1 Å². The average molecular weight is 311 g/mol. The third-order valence-electron chi connectivity index (χ3n) is 2.61. The summed E-state index contributed by atoms with van der Waals surface area (Å²) in [5.41, 5.74) is 4.65. The summed E-state index contributed by atoms with van der Waals surface area (Å²) in [6.07, 6.45) is 0. The molecule has 0 radical (unpaired) electrons. The molecule has 0 saturated carbocycles. The molecule has 0 bridgehead atoms. The molecular weight excluding hydrogens is 301 g/mol. The van der Waals surface area contributed by atoms with Gasteiger partial charge in [0.1, 0.15) is 10.7 Å². The molecule has 0 unspecified atom stereocenters. The quantitative estimate of drug-likeness (QED) is 0.510. The number of rotatable bonds is 4. The first-order valence-corrected chi connectivity index (χ1v) is 7.11. The number of nitro benzene ring substituents is 1. The molecule has 0 fully saturated rings. The molecule has 2 rings (SSSR count). The van der Waals surface area contributed by atoms with Gasteiger partial charge in [-0.2, -0.15) is 0 Å². The van der Waals surface area contributed by atoms with Crippen LogP contribution in [0.25, 0.3) is 0 Å². The van der Waals surface area contributed by atoms with Crippen LogP contribution < -0.4 is 10.5 Å². The summed E-state index contributed by atoms with van der Waals surface area (Å²) >= 11 is 0. The van der Waals surface area contributed by atoms with Gasteiger partial charge in [0.25, 0.3) is 15.7 Å². The zero-order valence-corrected chi connectivity index (χ0v) is 11.3. The van der Waals surface area contributed by atoms with E-state index in [0.717, 1.165) is 24.3 Å². The van der Waals surface area contributed by atoms with Crippen LogP contribution in [0.2, 0.25) is 0 Å². The summed E-state index contributed by atoms with van der Waals surface area (Å²) in [7, 11) is -4.15. The summed E-state index contributed by atoms with van der Waals surface area (Å²) in [5.74, 6) is -0.749. The molecule has 0 aliphatic carbocycles. The highest BCUT2D eigenvalue weighted by Gasteiger charge is 2.21. The van der Waals surface area contributed by atoms with Crippen molar-refractivity contribution in [3.63, 3.8) is 0 Å². The summed E-state index contributed by atoms with van der Waals surface area (Å²) in [4.78, 5) is 9.52. The summed E-state index contributed by atoms with van der Waals surface area (Å²) in [6, 6.07) is 8.14. The lowest BCUT2D eigenvalue weighted by Gasteiger charge is -2.10. The topological polar surface area (TPSA) is 115 Å². The number of non-ortho nitro benzene ring substituents is 1. The number of benzene rings is 2. The van der Waals surface area contributed by atoms with E-state index in [-0.39, 0.29) is 22.0 Å². The molecule has 0 aliphatic rings. The van der Waals surface area contributed by atoms with Gasteiger partial charge in [-0.1, -0.05) is 12.1 Å². The zero-order chi connectivity index (χ0) is 15.6. The van der Waals surface area contributed by atoms with Gasteiger partial charge in [-0.3, -0.25) is 14.8 Å². The summed E-state index contributed by atoms with van der Waals surface area (Å²) in [5, 5.41) is 10.6. The Bertz CT molecular complexity index is 808. The monoisotopic (exact) mass is 311 g/mol. The highest BCUT2D eigenvalue weighted by atomic mass is 32.2. The van der Waals surface area contributed by atoms with Crippen LogP contribution in [-0.4, -0.2) is 13.3 Å². The number of sulfonamides is 1. The standard InChI is InChI=1S/C12H10FN3O4S/c13-9-3-1-2-4-11(9)15-21(19,20)12-6-5-8(16(17)18)7-10(12)14/h1-7,15H,14H2. The van der Waals surface area contributed by atoms with Crippen LogP contribution in [0.4, 0.5) is 21.5 Å². The number of anilines is 2. The second-order valence-electron chi connectivity index (χ2n) is 4.06. The Morgan fingerprint density at radius 2 is 1.86 bits per heavy atom. The Labute approximate surface area is 119 Å². The van der Waals surface area contributed by atoms with Crippen LogP contribution in [0.1, 0.15) is 0 Å². The Hall–Kier alpha value is -2.68. The number of halogens is 1. The van der Waals surface area contributed by atoms with Crippen molar-refractivity contribution in [1.82, 2.24) is 0 Å². The molecule has 7 nitrogen and oxygen atoms in total. The van der Waals surface area contributed by atoms with Gasteiger partial charge >= 0.3 is 0 Å². The summed E-state index contributed by atoms with van der Waals surface area (Å²) in [6.45, 7) is 0. The van der Waals surface area contributed by atoms with Gasteiger partial charge < -0.3 is 5.73 Å². The molecule has 2 aromatic carbocycles. The first kappa shape index (κ1) is 14.7. The van der Waals surface area contributed by atoms with Crippen molar-refractivity contribution in [2.45, 2.75) is 4.90 Å². The maximum Gasteiger partial charge on any atom is 0.271 e. The fourth-order valence-corrected chi connectivity index (χ4v) is 2.82. The van der Waals surface area contributed by atoms with Crippen LogP contribution in [0.3, 0.4) is 0 Å². The van der Waals surface area contributed by atoms with Crippen LogP contribution in [0.5, 0.6) is 0 Å².